The number of nitrogens with zero attached hydrogens (tertiary/aromatic N) is 3. The van der Waals surface area contributed by atoms with Crippen LogP contribution in [0.3, 0.4) is 0 Å². The molecule has 2 fully saturated rings. The molecule has 57 heavy (non-hydrogen) atoms. The third-order valence-corrected chi connectivity index (χ3v) is 12.0. The van der Waals surface area contributed by atoms with Crippen molar-refractivity contribution in [3.05, 3.63) is 86.9 Å². The number of aromatic nitrogens is 2. The molecule has 1 aliphatic carbocycles. The monoisotopic (exact) mass is 815 g/mol. The summed E-state index contributed by atoms with van der Waals surface area (Å²) in [7, 11) is 1.62. The van der Waals surface area contributed by atoms with E-state index in [1.165, 1.54) is 5.56 Å². The van der Waals surface area contributed by atoms with E-state index in [1.807, 2.05) is 49.4 Å². The molecule has 2 aromatic heterocycles. The fourth-order valence-corrected chi connectivity index (χ4v) is 9.00. The van der Waals surface area contributed by atoms with Crippen LogP contribution in [-0.2, 0) is 29.1 Å². The van der Waals surface area contributed by atoms with Gasteiger partial charge in [0.25, 0.3) is 0 Å². The number of nitrogens with one attached hydrogen (secondary N) is 2. The summed E-state index contributed by atoms with van der Waals surface area (Å²) in [5.74, 6) is 0.722. The number of hydrogen-bond acceptors (Lipinski definition) is 9. The molecule has 0 saturated carbocycles. The number of carbonyl (C=O) groups is 2. The van der Waals surface area contributed by atoms with Gasteiger partial charge in [-0.1, -0.05) is 72.1 Å². The third-order valence-electron chi connectivity index (χ3n) is 11.3. The zero-order chi connectivity index (χ0) is 39.9. The Hall–Kier alpha value is -4.42. The molecule has 13 heteroatoms. The Morgan fingerprint density at radius 1 is 0.965 bits per heavy atom. The molecule has 3 atom stereocenters. The van der Waals surface area contributed by atoms with Gasteiger partial charge in [0, 0.05) is 66.8 Å². The Kier molecular flexibility index (Phi) is 13.5. The van der Waals surface area contributed by atoms with E-state index in [9.17, 15) is 9.59 Å². The number of carboxylic acid groups (broad SMARTS) is 1. The van der Waals surface area contributed by atoms with Crippen LogP contribution in [0.25, 0.3) is 22.4 Å². The molecule has 4 aromatic rings. The lowest BCUT2D eigenvalue weighted by Gasteiger charge is -2.36. The van der Waals surface area contributed by atoms with E-state index in [1.54, 1.807) is 7.11 Å². The van der Waals surface area contributed by atoms with Crippen LogP contribution in [0.4, 0.5) is 0 Å². The number of amides is 1. The molecule has 4 heterocycles. The average molecular weight is 817 g/mol. The van der Waals surface area contributed by atoms with Crippen LogP contribution in [-0.4, -0.2) is 70.7 Å². The number of pyridine rings is 2. The summed E-state index contributed by atoms with van der Waals surface area (Å²) < 4.78 is 18.4. The fraction of sp³-hybridized carbons (Fsp3) is 0.455. The smallest absolute Gasteiger partial charge is 0.303 e. The Bertz CT molecular complexity index is 2080. The second kappa shape index (κ2) is 18.9. The predicted molar refractivity (Wildman–Crippen MR) is 221 cm³/mol. The summed E-state index contributed by atoms with van der Waals surface area (Å²) in [4.78, 5) is 34.8. The molecule has 0 radical (unpaired) electrons. The lowest BCUT2D eigenvalue weighted by Crippen LogP contribution is -2.39. The molecule has 3 aliphatic rings. The molecule has 7 rings (SSSR count). The number of methoxy groups -OCH3 is 1. The Morgan fingerprint density at radius 2 is 1.79 bits per heavy atom. The first-order chi connectivity index (χ1) is 27.7. The van der Waals surface area contributed by atoms with Gasteiger partial charge >= 0.3 is 5.97 Å². The highest BCUT2D eigenvalue weighted by molar-refractivity contribution is 6.36. The van der Waals surface area contributed by atoms with Gasteiger partial charge < -0.3 is 30.0 Å². The van der Waals surface area contributed by atoms with Gasteiger partial charge in [-0.05, 0) is 87.2 Å². The molecule has 2 aliphatic heterocycles. The molecule has 2 saturated heterocycles. The van der Waals surface area contributed by atoms with E-state index in [-0.39, 0.29) is 24.5 Å². The number of aliphatic carboxylic acids is 1. The van der Waals surface area contributed by atoms with Gasteiger partial charge in [-0.3, -0.25) is 14.5 Å². The van der Waals surface area contributed by atoms with Crippen molar-refractivity contribution in [3.63, 3.8) is 0 Å². The van der Waals surface area contributed by atoms with Gasteiger partial charge in [-0.2, -0.15) is 4.98 Å². The fourth-order valence-electron chi connectivity index (χ4n) is 8.46. The van der Waals surface area contributed by atoms with Gasteiger partial charge in [-0.25, -0.2) is 4.98 Å². The second-order valence-corrected chi connectivity index (χ2v) is 15.8. The van der Waals surface area contributed by atoms with Crippen LogP contribution in [0.15, 0.2) is 54.6 Å². The number of hydrogen-bond donors (Lipinski definition) is 3. The van der Waals surface area contributed by atoms with E-state index < -0.39 is 5.97 Å². The van der Waals surface area contributed by atoms with Crippen LogP contribution in [0.5, 0.6) is 17.6 Å². The van der Waals surface area contributed by atoms with Crippen molar-refractivity contribution in [2.75, 3.05) is 26.8 Å². The zero-order valence-corrected chi connectivity index (χ0v) is 34.1. The van der Waals surface area contributed by atoms with E-state index in [0.717, 1.165) is 84.9 Å². The lowest BCUT2D eigenvalue weighted by molar-refractivity contribution is -0.137. The van der Waals surface area contributed by atoms with E-state index >= 15 is 0 Å². The molecule has 1 amide bonds. The number of carbonyl (C=O) groups excluding carboxylic acids is 1. The second-order valence-electron chi connectivity index (χ2n) is 15.1. The highest BCUT2D eigenvalue weighted by Gasteiger charge is 2.30. The van der Waals surface area contributed by atoms with Gasteiger partial charge in [0.2, 0.25) is 23.5 Å². The van der Waals surface area contributed by atoms with E-state index in [4.69, 9.17) is 52.5 Å². The van der Waals surface area contributed by atoms with E-state index in [2.05, 4.69) is 27.7 Å². The first-order valence-corrected chi connectivity index (χ1v) is 20.9. The van der Waals surface area contributed by atoms with Gasteiger partial charge in [-0.15, -0.1) is 0 Å². The maximum absolute atomic E-state index is 11.6. The minimum Gasteiger partial charge on any atom is -0.481 e. The Morgan fingerprint density at radius 3 is 2.58 bits per heavy atom. The number of ether oxygens (including phenoxy) is 3. The quantitative estimate of drug-likeness (QED) is 0.0952. The van der Waals surface area contributed by atoms with E-state index in [0.29, 0.717) is 78.5 Å². The van der Waals surface area contributed by atoms with Crippen molar-refractivity contribution in [1.82, 2.24) is 25.5 Å². The molecule has 0 bridgehead atoms. The number of likely N-dealkylation sites (tertiary alicyclic amines) is 1. The summed E-state index contributed by atoms with van der Waals surface area (Å²) in [6, 6.07) is 18.6. The van der Waals surface area contributed by atoms with Crippen LogP contribution >= 0.6 is 23.2 Å². The van der Waals surface area contributed by atoms with Crippen molar-refractivity contribution in [2.24, 2.45) is 0 Å². The van der Waals surface area contributed by atoms with Crippen LogP contribution in [0, 0.1) is 0 Å². The Balaban J connectivity index is 1.08. The summed E-state index contributed by atoms with van der Waals surface area (Å²) >= 11 is 14.1. The van der Waals surface area contributed by atoms with Crippen molar-refractivity contribution >= 4 is 35.1 Å². The minimum atomic E-state index is -0.753. The average Bonchev–Trinajstić information content (AvgIpc) is 3.82. The maximum atomic E-state index is 11.6. The first kappa shape index (κ1) is 40.8. The van der Waals surface area contributed by atoms with Crippen molar-refractivity contribution in [1.29, 1.82) is 0 Å². The SMILES string of the molecule is CCOc1nc(O[C@H]2CCc3c(-c4cccc(-c5ccc(CNC[C@@H]6CCC(=O)N6)c(OC)n5)c4Cl)cccc32)c(Cl)cc1CN1CCCCC1CCCC(=O)O. The third kappa shape index (κ3) is 9.66. The standard InChI is InChI=1S/C44H51Cl2N5O6/c1-3-56-43-28(26-51-22-5-4-9-30(51)10-6-15-40(53)54)23-36(45)44(50-43)57-38-20-18-32-31(11-7-12-33(32)38)34-13-8-14-35(41(34)46)37-19-16-27(42(49-37)55-2)24-47-25-29-17-21-39(52)48-29/h7-8,11-14,16,19,23,29-30,38,47H,3-6,9-10,15,17-18,20-22,24-26H2,1-2H3,(H,48,52)(H,53,54)/t29-,30?,38-/m0/s1. The number of rotatable bonds is 17. The van der Waals surface area contributed by atoms with Crippen LogP contribution in [0.1, 0.15) is 93.1 Å². The number of carboxylic acids is 1. The van der Waals surface area contributed by atoms with Crippen molar-refractivity contribution < 1.29 is 28.9 Å². The number of piperidine rings is 1. The van der Waals surface area contributed by atoms with Crippen molar-refractivity contribution in [2.45, 2.75) is 102 Å². The highest BCUT2D eigenvalue weighted by Crippen LogP contribution is 2.45. The van der Waals surface area contributed by atoms with Gasteiger partial charge in [0.15, 0.2) is 0 Å². The molecular weight excluding hydrogens is 765 g/mol. The minimum absolute atomic E-state index is 0.102. The van der Waals surface area contributed by atoms with Gasteiger partial charge in [0.05, 0.1) is 24.4 Å². The largest absolute Gasteiger partial charge is 0.481 e. The molecule has 2 aromatic carbocycles. The summed E-state index contributed by atoms with van der Waals surface area (Å²) in [5.41, 5.74) is 7.53. The predicted octanol–water partition coefficient (Wildman–Crippen LogP) is 8.57. The highest BCUT2D eigenvalue weighted by atomic mass is 35.5. The summed E-state index contributed by atoms with van der Waals surface area (Å²) in [6.07, 6.45) is 7.67. The number of fused-ring (bicyclic) bond motifs is 1. The molecule has 302 valence electrons. The molecule has 1 unspecified atom stereocenters. The molecular formula is C44H51Cl2N5O6. The zero-order valence-electron chi connectivity index (χ0n) is 32.6. The van der Waals surface area contributed by atoms with Crippen molar-refractivity contribution in [3.8, 4) is 40.0 Å². The molecule has 3 N–H and O–H groups in total. The Labute approximate surface area is 344 Å². The topological polar surface area (TPSA) is 135 Å². The summed E-state index contributed by atoms with van der Waals surface area (Å²) in [5, 5.41) is 16.6. The van der Waals surface area contributed by atoms with Crippen LogP contribution < -0.4 is 24.8 Å². The van der Waals surface area contributed by atoms with Gasteiger partial charge in [0.1, 0.15) is 11.1 Å². The first-order valence-electron chi connectivity index (χ1n) is 20.1. The summed E-state index contributed by atoms with van der Waals surface area (Å²) in [6.45, 7) is 5.19. The molecule has 0 spiro atoms. The maximum Gasteiger partial charge on any atom is 0.303 e. The molecule has 11 nitrogen and oxygen atoms in total. The normalized spacial score (nSPS) is 19.3. The van der Waals surface area contributed by atoms with Crippen LogP contribution in [0.2, 0.25) is 10.0 Å². The number of halogens is 2. The lowest BCUT2D eigenvalue weighted by atomic mass is 9.94. The number of benzene rings is 2.